The van der Waals surface area contributed by atoms with Gasteiger partial charge in [-0.15, -0.1) is 0 Å². The van der Waals surface area contributed by atoms with Crippen LogP contribution in [0, 0.1) is 13.8 Å². The lowest BCUT2D eigenvalue weighted by atomic mass is 10.1. The zero-order chi connectivity index (χ0) is 23.4. The monoisotopic (exact) mass is 448 g/mol. The summed E-state index contributed by atoms with van der Waals surface area (Å²) in [5.41, 5.74) is 8.24. The van der Waals surface area contributed by atoms with Crippen LogP contribution in [0.3, 0.4) is 0 Å². The molecule has 1 fully saturated rings. The van der Waals surface area contributed by atoms with Crippen molar-refractivity contribution < 1.29 is 23.8 Å². The van der Waals surface area contributed by atoms with Gasteiger partial charge in [0.15, 0.2) is 5.75 Å². The standard InChI is InChI=1S/C24H24N4O5/c1-12-8-15(29)10-27(12)24(31)18-11-28-22(13(18)2)19(6-7-26-28)33-16-4-5-17-20(9-16)32-14(3)21(17)23(25)30/h4-7,9,11-12,15,29H,8,10H2,1-3H3,(H2,25,30)/t12-,15+/m1/s1. The lowest BCUT2D eigenvalue weighted by Gasteiger charge is -2.20. The van der Waals surface area contributed by atoms with Gasteiger partial charge in [0.1, 0.15) is 22.6 Å². The van der Waals surface area contributed by atoms with E-state index in [9.17, 15) is 14.7 Å². The number of aryl methyl sites for hydroxylation is 2. The number of β-amino-alcohol motifs (C(OH)–C–C–N with tert-alkyl or cyclic N) is 1. The highest BCUT2D eigenvalue weighted by molar-refractivity contribution is 6.06. The topological polar surface area (TPSA) is 123 Å². The van der Waals surface area contributed by atoms with E-state index in [1.54, 1.807) is 53.0 Å². The predicted molar refractivity (Wildman–Crippen MR) is 121 cm³/mol. The normalized spacial score (nSPS) is 18.4. The Morgan fingerprint density at radius 1 is 1.27 bits per heavy atom. The van der Waals surface area contributed by atoms with E-state index in [2.05, 4.69) is 5.10 Å². The maximum atomic E-state index is 13.2. The van der Waals surface area contributed by atoms with Crippen molar-refractivity contribution in [1.29, 1.82) is 0 Å². The molecule has 0 saturated carbocycles. The number of carbonyl (C=O) groups excluding carboxylic acids is 2. The van der Waals surface area contributed by atoms with Crippen LogP contribution in [-0.2, 0) is 0 Å². The Bertz CT molecular complexity index is 1420. The molecule has 2 atom stereocenters. The van der Waals surface area contributed by atoms with Crippen molar-refractivity contribution in [2.75, 3.05) is 6.54 Å². The minimum atomic E-state index is -0.545. The summed E-state index contributed by atoms with van der Waals surface area (Å²) < 4.78 is 13.5. The second-order valence-electron chi connectivity index (χ2n) is 8.51. The molecule has 33 heavy (non-hydrogen) atoms. The summed E-state index contributed by atoms with van der Waals surface area (Å²) in [6.07, 6.45) is 3.35. The maximum absolute atomic E-state index is 13.2. The van der Waals surface area contributed by atoms with Gasteiger partial charge in [-0.05, 0) is 44.9 Å². The number of hydrogen-bond donors (Lipinski definition) is 2. The zero-order valence-electron chi connectivity index (χ0n) is 18.5. The average molecular weight is 448 g/mol. The lowest BCUT2D eigenvalue weighted by molar-refractivity contribution is 0.0725. The Morgan fingerprint density at radius 3 is 2.76 bits per heavy atom. The second kappa shape index (κ2) is 7.63. The first-order valence-electron chi connectivity index (χ1n) is 10.7. The van der Waals surface area contributed by atoms with Crippen LogP contribution in [0.1, 0.15) is 45.4 Å². The summed E-state index contributed by atoms with van der Waals surface area (Å²) in [5.74, 6) is 0.794. The SMILES string of the molecule is Cc1oc2cc(Oc3ccnn4cc(C(=O)N5C[C@@H](O)C[C@H]5C)c(C)c34)ccc2c1C(N)=O. The van der Waals surface area contributed by atoms with Crippen LogP contribution in [0.2, 0.25) is 0 Å². The fraction of sp³-hybridized carbons (Fsp3) is 0.292. The van der Waals surface area contributed by atoms with Crippen LogP contribution in [0.4, 0.5) is 0 Å². The first kappa shape index (κ1) is 21.0. The van der Waals surface area contributed by atoms with Crippen molar-refractivity contribution >= 4 is 28.3 Å². The van der Waals surface area contributed by atoms with Crippen LogP contribution >= 0.6 is 0 Å². The summed E-state index contributed by atoms with van der Waals surface area (Å²) in [6, 6.07) is 6.86. The number of carbonyl (C=O) groups is 2. The summed E-state index contributed by atoms with van der Waals surface area (Å²) in [5, 5.41) is 14.9. The zero-order valence-corrected chi connectivity index (χ0v) is 18.5. The number of fused-ring (bicyclic) bond motifs is 2. The number of aromatic nitrogens is 2. The number of ether oxygens (including phenoxy) is 1. The van der Waals surface area contributed by atoms with E-state index in [0.29, 0.717) is 57.8 Å². The average Bonchev–Trinajstić information content (AvgIpc) is 3.39. The predicted octanol–water partition coefficient (Wildman–Crippen LogP) is 3.18. The molecule has 4 heterocycles. The maximum Gasteiger partial charge on any atom is 0.256 e. The van der Waals surface area contributed by atoms with Crippen molar-refractivity contribution in [3.8, 4) is 11.5 Å². The van der Waals surface area contributed by atoms with Gasteiger partial charge in [-0.1, -0.05) is 0 Å². The van der Waals surface area contributed by atoms with Gasteiger partial charge in [0.25, 0.3) is 11.8 Å². The molecular formula is C24H24N4O5. The molecule has 9 heteroatoms. The summed E-state index contributed by atoms with van der Waals surface area (Å²) in [4.78, 5) is 26.6. The Hall–Kier alpha value is -3.85. The highest BCUT2D eigenvalue weighted by Gasteiger charge is 2.33. The molecule has 3 N–H and O–H groups in total. The highest BCUT2D eigenvalue weighted by Crippen LogP contribution is 2.34. The number of benzene rings is 1. The molecule has 0 bridgehead atoms. The van der Waals surface area contributed by atoms with E-state index in [0.717, 1.165) is 5.56 Å². The van der Waals surface area contributed by atoms with Gasteiger partial charge in [0.2, 0.25) is 0 Å². The van der Waals surface area contributed by atoms with Crippen molar-refractivity contribution in [2.24, 2.45) is 5.73 Å². The molecule has 9 nitrogen and oxygen atoms in total. The number of aliphatic hydroxyl groups excluding tert-OH is 1. The van der Waals surface area contributed by atoms with Gasteiger partial charge >= 0.3 is 0 Å². The second-order valence-corrected chi connectivity index (χ2v) is 8.51. The molecule has 1 aromatic carbocycles. The molecule has 5 rings (SSSR count). The first-order valence-corrected chi connectivity index (χ1v) is 10.7. The summed E-state index contributed by atoms with van der Waals surface area (Å²) in [7, 11) is 0. The van der Waals surface area contributed by atoms with Crippen molar-refractivity contribution in [1.82, 2.24) is 14.5 Å². The number of nitrogens with zero attached hydrogens (tertiary/aromatic N) is 3. The highest BCUT2D eigenvalue weighted by atomic mass is 16.5. The number of amides is 2. The number of aliphatic hydroxyl groups is 1. The number of furan rings is 1. The third-order valence-electron chi connectivity index (χ3n) is 6.25. The van der Waals surface area contributed by atoms with Crippen LogP contribution in [0.5, 0.6) is 11.5 Å². The van der Waals surface area contributed by atoms with Crippen molar-refractivity contribution in [3.05, 3.63) is 59.1 Å². The number of likely N-dealkylation sites (tertiary alicyclic amines) is 1. The number of primary amides is 1. The summed E-state index contributed by atoms with van der Waals surface area (Å²) in [6.45, 7) is 5.79. The van der Waals surface area contributed by atoms with Gasteiger partial charge in [-0.2, -0.15) is 5.10 Å². The molecule has 1 saturated heterocycles. The Morgan fingerprint density at radius 2 is 2.06 bits per heavy atom. The third-order valence-corrected chi connectivity index (χ3v) is 6.25. The molecule has 170 valence electrons. The Kier molecular flexibility index (Phi) is 4.86. The van der Waals surface area contributed by atoms with E-state index >= 15 is 0 Å². The Labute approximate surface area is 189 Å². The van der Waals surface area contributed by atoms with Gasteiger partial charge < -0.3 is 24.9 Å². The third kappa shape index (κ3) is 3.41. The van der Waals surface area contributed by atoms with Crippen molar-refractivity contribution in [2.45, 2.75) is 39.3 Å². The van der Waals surface area contributed by atoms with Crippen molar-refractivity contribution in [3.63, 3.8) is 0 Å². The molecule has 1 aliphatic rings. The Balaban J connectivity index is 1.52. The minimum absolute atomic E-state index is 0.0348. The van der Waals surface area contributed by atoms with E-state index in [1.807, 2.05) is 13.8 Å². The molecule has 0 spiro atoms. The van der Waals surface area contributed by atoms with Gasteiger partial charge in [0.05, 0.1) is 23.4 Å². The lowest BCUT2D eigenvalue weighted by Crippen LogP contribution is -2.34. The van der Waals surface area contributed by atoms with E-state index in [-0.39, 0.29) is 11.9 Å². The van der Waals surface area contributed by atoms with Gasteiger partial charge in [0, 0.05) is 36.3 Å². The number of nitrogens with two attached hydrogens (primary N) is 1. The largest absolute Gasteiger partial charge is 0.460 e. The molecule has 3 aromatic heterocycles. The minimum Gasteiger partial charge on any atom is -0.460 e. The molecule has 0 radical (unpaired) electrons. The molecule has 2 amide bonds. The van der Waals surface area contributed by atoms with Gasteiger partial charge in [-0.3, -0.25) is 9.59 Å². The van der Waals surface area contributed by atoms with E-state index < -0.39 is 12.0 Å². The number of hydrogen-bond acceptors (Lipinski definition) is 6. The smallest absolute Gasteiger partial charge is 0.256 e. The molecule has 0 unspecified atom stereocenters. The van der Waals surface area contributed by atoms with Crippen LogP contribution in [0.25, 0.3) is 16.5 Å². The molecule has 1 aliphatic heterocycles. The van der Waals surface area contributed by atoms with E-state index in [4.69, 9.17) is 14.9 Å². The van der Waals surface area contributed by atoms with Crippen LogP contribution in [-0.4, -0.2) is 50.1 Å². The molecule has 0 aliphatic carbocycles. The van der Waals surface area contributed by atoms with Gasteiger partial charge in [-0.25, -0.2) is 4.52 Å². The summed E-state index contributed by atoms with van der Waals surface area (Å²) >= 11 is 0. The van der Waals surface area contributed by atoms with Crippen LogP contribution in [0.15, 0.2) is 41.1 Å². The fourth-order valence-corrected chi connectivity index (χ4v) is 4.66. The molecular weight excluding hydrogens is 424 g/mol. The quantitative estimate of drug-likeness (QED) is 0.494. The molecule has 4 aromatic rings. The fourth-order valence-electron chi connectivity index (χ4n) is 4.66. The first-order chi connectivity index (χ1) is 15.7. The number of rotatable bonds is 4. The van der Waals surface area contributed by atoms with Crippen LogP contribution < -0.4 is 10.5 Å². The van der Waals surface area contributed by atoms with E-state index in [1.165, 1.54) is 0 Å².